The maximum Gasteiger partial charge on any atom is 0.266 e. The van der Waals surface area contributed by atoms with Gasteiger partial charge in [-0.15, -0.1) is 0 Å². The normalized spacial score (nSPS) is 29.5. The third-order valence-electron chi connectivity index (χ3n) is 20.8. The van der Waals surface area contributed by atoms with Crippen LogP contribution in [0, 0.1) is 11.8 Å². The summed E-state index contributed by atoms with van der Waals surface area (Å²) >= 11 is -4.74. The number of nitrogens with zero attached hydrogens (tertiary/aromatic N) is 4. The first-order valence-electron chi connectivity index (χ1n) is 34.5. The zero-order chi connectivity index (χ0) is 72.3. The molecule has 2 aliphatic carbocycles. The van der Waals surface area contributed by atoms with Crippen LogP contribution in [0.15, 0.2) is 66.7 Å². The third kappa shape index (κ3) is 19.1. The van der Waals surface area contributed by atoms with Crippen molar-refractivity contribution in [3.05, 3.63) is 77.9 Å². The summed E-state index contributed by atoms with van der Waals surface area (Å²) in [7, 11) is 1.90. The molecule has 0 spiro atoms. The van der Waals surface area contributed by atoms with Crippen LogP contribution in [0.5, 0.6) is 11.5 Å². The lowest BCUT2D eigenvalue weighted by Gasteiger charge is -2.49. The van der Waals surface area contributed by atoms with Crippen molar-refractivity contribution in [1.29, 1.82) is 0 Å². The lowest BCUT2D eigenvalue weighted by Crippen LogP contribution is -2.64. The molecule has 4 aliphatic heterocycles. The number of aliphatic hydroxyl groups excluding tert-OH is 8. The van der Waals surface area contributed by atoms with E-state index in [2.05, 4.69) is 58.0 Å². The first kappa shape index (κ1) is 77.3. The highest BCUT2D eigenvalue weighted by Crippen LogP contribution is 2.45. The van der Waals surface area contributed by atoms with Crippen LogP contribution >= 0.6 is 11.2 Å². The van der Waals surface area contributed by atoms with E-state index in [1.54, 1.807) is 12.1 Å². The summed E-state index contributed by atoms with van der Waals surface area (Å²) in [5, 5.41) is 114. The number of hydrogen-bond donors (Lipinski definition) is 18. The summed E-state index contributed by atoms with van der Waals surface area (Å²) < 4.78 is 39.7. The van der Waals surface area contributed by atoms with E-state index in [0.29, 0.717) is 12.0 Å². The smallest absolute Gasteiger partial charge is 0.266 e. The van der Waals surface area contributed by atoms with E-state index in [1.165, 1.54) is 57.2 Å². The maximum absolute atomic E-state index is 15.0. The number of carbonyl (C=O) groups excluding carboxylic acids is 7. The summed E-state index contributed by atoms with van der Waals surface area (Å²) in [6.45, 7) is 3.31. The summed E-state index contributed by atoms with van der Waals surface area (Å²) in [6.07, 6.45) is -2.00. The molecular formula is C68H100N10O21S. The quantitative estimate of drug-likeness (QED) is 0.0638. The first-order valence-corrected chi connectivity index (χ1v) is 35.9. The van der Waals surface area contributed by atoms with Gasteiger partial charge in [-0.25, -0.2) is 0 Å². The van der Waals surface area contributed by atoms with Crippen LogP contribution in [0.3, 0.4) is 0 Å². The number of aliphatic hydroxyl groups is 8. The van der Waals surface area contributed by atoms with Gasteiger partial charge in [0.2, 0.25) is 35.4 Å². The van der Waals surface area contributed by atoms with Gasteiger partial charge >= 0.3 is 0 Å². The number of phenols is 1. The van der Waals surface area contributed by atoms with Crippen molar-refractivity contribution >= 4 is 58.2 Å². The number of β-amino-alcohol motifs (C(OH)–C–C–N with tert-alkyl or cyclic N) is 1. The fraction of sp³-hybridized carbons (Fsp3) is 0.632. The second-order valence-corrected chi connectivity index (χ2v) is 28.7. The van der Waals surface area contributed by atoms with Crippen LogP contribution in [0.1, 0.15) is 107 Å². The Bertz CT molecular complexity index is 3270. The minimum atomic E-state index is -4.74. The van der Waals surface area contributed by atoms with E-state index in [9.17, 15) is 93.2 Å². The molecule has 0 aromatic heterocycles. The van der Waals surface area contributed by atoms with Gasteiger partial charge in [-0.1, -0.05) is 56.5 Å². The molecule has 100 heavy (non-hydrogen) atoms. The number of benzene rings is 3. The second kappa shape index (κ2) is 34.4. The number of rotatable bonds is 20. The van der Waals surface area contributed by atoms with Gasteiger partial charge in [-0.05, 0) is 117 Å². The van der Waals surface area contributed by atoms with Crippen LogP contribution < -0.4 is 41.0 Å². The van der Waals surface area contributed by atoms with Crippen LogP contribution in [0.2, 0.25) is 0 Å². The Labute approximate surface area is 582 Å². The van der Waals surface area contributed by atoms with Crippen LogP contribution in [0.25, 0.3) is 11.1 Å². The zero-order valence-electron chi connectivity index (χ0n) is 56.6. The first-order chi connectivity index (χ1) is 47.6. The summed E-state index contributed by atoms with van der Waals surface area (Å²) in [5.74, 6) is -9.68. The highest BCUT2D eigenvalue weighted by atomic mass is 32.3. The molecule has 6 fully saturated rings. The van der Waals surface area contributed by atoms with Crippen LogP contribution in [0.4, 0.5) is 5.69 Å². The maximum atomic E-state index is 15.0. The third-order valence-corrected chi connectivity index (χ3v) is 21.2. The Morgan fingerprint density at radius 1 is 0.710 bits per heavy atom. The van der Waals surface area contributed by atoms with Crippen molar-refractivity contribution in [1.82, 2.24) is 46.6 Å². The fourth-order valence-electron chi connectivity index (χ4n) is 15.1. The molecule has 3 aromatic rings. The molecule has 31 nitrogen and oxygen atoms in total. The van der Waals surface area contributed by atoms with Gasteiger partial charge in [0, 0.05) is 95.4 Å². The van der Waals surface area contributed by atoms with Gasteiger partial charge in [0.25, 0.3) is 17.1 Å². The molecule has 7 amide bonds. The van der Waals surface area contributed by atoms with E-state index in [0.717, 1.165) is 97.5 Å². The standard InChI is InChI=1S/C68H100N10O21S/c1-38-34-78-59(60(38)87)65(92)70-33-48(82)31-50(71-61(88)43-12-10-41(11-13-43)42-14-16-46(17-15-42)75-25-27-76(28-26-75)47-19-22-68(98-3,23-20-47)44-7-5-4-6-8-44)62(89)72-56(39(2)81)66(93)77-35-49(83)32-51(77)63(90)73-57(54(86)29-40-9-18-52(84)55(30-40)99-100(95,96)97)64(91)74-58(67(78)94)53(85)21-24-69-45(36-79)37-80/h9-18,30,38-39,44-45,47-51,53-54,56-60,69,79-87,95-97H,4-8,19-29,31-37H2,1-3H3,(H,70,92)(H,71,88)(H,72,89)(H,73,90)(H,74,91)/t38-,39+,47?,48+,49+,50-,51-,53+,54+,56-,57-,58-,59-,60-,68?/m0/s1. The average Bonchev–Trinajstić information content (AvgIpc) is 1.77. The summed E-state index contributed by atoms with van der Waals surface area (Å²) in [4.78, 5) is 109. The molecule has 554 valence electrons. The average molecular weight is 1430 g/mol. The Hall–Kier alpha value is -6.86. The Balaban J connectivity index is 0.945. The predicted molar refractivity (Wildman–Crippen MR) is 364 cm³/mol. The topological polar surface area (TPSA) is 466 Å². The molecular weight excluding hydrogens is 1320 g/mol. The molecule has 18 N–H and O–H groups in total. The lowest BCUT2D eigenvalue weighted by molar-refractivity contribution is -0.147. The van der Waals surface area contributed by atoms with Crippen LogP contribution in [-0.2, 0) is 39.9 Å². The van der Waals surface area contributed by atoms with Crippen molar-refractivity contribution in [2.75, 3.05) is 77.6 Å². The number of methoxy groups -OCH3 is 1. The SMILES string of the molecule is COC1(C2CCCCC2)CCC(N2CCN(c3ccc(-c4ccc(C(=O)N[C@H]5C[C@@H](O)CNC(=O)[C@@H]6[C@@H](O)[C@@H](C)CN6C(=O)[C@H]([C@H](O)CCNC(CO)CO)NC(=O)[C@H]([C@H](O)Cc6ccc(O)c(OS(O)(O)O)c6)NC(=O)[C@@H]6C[C@@H](O)CN6C(=O)[C@H]([C@@H](C)O)NC5=O)cc4)cc3)CC2)CC1. The van der Waals surface area contributed by atoms with Crippen molar-refractivity contribution in [3.8, 4) is 22.6 Å². The van der Waals surface area contributed by atoms with Crippen LogP contribution in [-0.4, -0.2) is 279 Å². The minimum Gasteiger partial charge on any atom is -0.504 e. The molecule has 9 rings (SSSR count). The van der Waals surface area contributed by atoms with Crippen molar-refractivity contribution in [3.63, 3.8) is 0 Å². The monoisotopic (exact) mass is 1420 g/mol. The largest absolute Gasteiger partial charge is 0.504 e. The molecule has 3 aromatic carbocycles. The number of carbonyl (C=O) groups is 7. The zero-order valence-corrected chi connectivity index (χ0v) is 57.4. The van der Waals surface area contributed by atoms with E-state index in [1.807, 2.05) is 19.2 Å². The second-order valence-electron chi connectivity index (χ2n) is 27.6. The van der Waals surface area contributed by atoms with E-state index < -0.39 is 201 Å². The van der Waals surface area contributed by atoms with Gasteiger partial charge in [0.05, 0.1) is 61.5 Å². The number of anilines is 1. The molecule has 2 saturated carbocycles. The predicted octanol–water partition coefficient (Wildman–Crippen LogP) is -1.11. The van der Waals surface area contributed by atoms with Crippen molar-refractivity contribution in [2.24, 2.45) is 11.8 Å². The van der Waals surface area contributed by atoms with E-state index in [-0.39, 0.29) is 29.8 Å². The number of amides is 7. The number of hydrogen-bond acceptors (Lipinski definition) is 24. The van der Waals surface area contributed by atoms with E-state index in [4.69, 9.17) is 4.74 Å². The number of phenolic OH excluding ortho intramolecular Hbond substituents is 1. The van der Waals surface area contributed by atoms with E-state index >= 15 is 0 Å². The van der Waals surface area contributed by atoms with Crippen molar-refractivity contribution < 1.29 is 102 Å². The van der Waals surface area contributed by atoms with Gasteiger partial charge < -0.3 is 101 Å². The summed E-state index contributed by atoms with van der Waals surface area (Å²) in [5.41, 5.74) is 2.72. The Morgan fingerprint density at radius 2 is 1.33 bits per heavy atom. The molecule has 0 bridgehead atoms. The van der Waals surface area contributed by atoms with Crippen molar-refractivity contribution in [2.45, 2.75) is 188 Å². The molecule has 4 heterocycles. The highest BCUT2D eigenvalue weighted by molar-refractivity contribution is 8.15. The van der Waals surface area contributed by atoms with Gasteiger partial charge in [-0.2, -0.15) is 0 Å². The summed E-state index contributed by atoms with van der Waals surface area (Å²) in [6, 6.07) is 5.76. The molecule has 0 unspecified atom stereocenters. The number of aromatic hydroxyl groups is 1. The number of nitrogens with one attached hydrogen (secondary N) is 6. The lowest BCUT2D eigenvalue weighted by atomic mass is 9.68. The number of piperazine rings is 1. The molecule has 13 atom stereocenters. The molecule has 0 radical (unpaired) electrons. The number of fused-ring (bicyclic) bond motifs is 2. The Morgan fingerprint density at radius 3 is 1.95 bits per heavy atom. The molecule has 4 saturated heterocycles. The van der Waals surface area contributed by atoms with Gasteiger partial charge in [0.1, 0.15) is 36.3 Å². The fourth-order valence-corrected chi connectivity index (χ4v) is 15.4. The highest BCUT2D eigenvalue weighted by Gasteiger charge is 2.50. The minimum absolute atomic E-state index is 0.0111. The Kier molecular flexibility index (Phi) is 26.6. The van der Waals surface area contributed by atoms with Gasteiger partial charge in [0.15, 0.2) is 11.5 Å². The molecule has 32 heteroatoms. The van der Waals surface area contributed by atoms with Gasteiger partial charge in [-0.3, -0.25) is 52.1 Å². The molecule has 6 aliphatic rings. The number of ether oxygens (including phenoxy) is 1.